The molecule has 8 nitrogen and oxygen atoms in total. The van der Waals surface area contributed by atoms with Gasteiger partial charge in [0, 0.05) is 10.9 Å². The smallest absolute Gasteiger partial charge is 0.248 e. The van der Waals surface area contributed by atoms with E-state index in [1.807, 2.05) is 32.0 Å². The molecule has 4 rings (SSSR count). The van der Waals surface area contributed by atoms with Crippen LogP contribution in [-0.2, 0) is 0 Å². The minimum Gasteiger partial charge on any atom is -0.489 e. The SMILES string of the molecule is CC(C)Oc1ccc(C(N)=O)cc1Nc1cc2ccc3[nH]c(N)nc3c2[nH]1. The van der Waals surface area contributed by atoms with E-state index in [0.29, 0.717) is 22.9 Å². The van der Waals surface area contributed by atoms with Crippen LogP contribution in [0, 0.1) is 0 Å². The zero-order valence-electron chi connectivity index (χ0n) is 15.0. The van der Waals surface area contributed by atoms with Crippen LogP contribution in [0.15, 0.2) is 36.4 Å². The van der Waals surface area contributed by atoms with Crippen LogP contribution in [-0.4, -0.2) is 27.0 Å². The number of H-pyrrole nitrogens is 2. The lowest BCUT2D eigenvalue weighted by Gasteiger charge is -2.15. The Labute approximate surface area is 154 Å². The van der Waals surface area contributed by atoms with Gasteiger partial charge in [-0.3, -0.25) is 4.79 Å². The molecule has 0 unspecified atom stereocenters. The standard InChI is InChI=1S/C19H20N6O2/c1-9(2)27-14-6-4-11(18(20)26)7-13(14)22-15-8-10-3-5-12-17(16(10)24-15)25-19(21)23-12/h3-9,22,24H,1-2H3,(H2,20,26)(H3,21,23,25). The molecule has 2 aromatic carbocycles. The molecule has 27 heavy (non-hydrogen) atoms. The second kappa shape index (κ2) is 6.24. The van der Waals surface area contributed by atoms with Crippen LogP contribution in [0.25, 0.3) is 21.9 Å². The molecule has 0 aliphatic carbocycles. The Morgan fingerprint density at radius 2 is 2.00 bits per heavy atom. The molecule has 1 amide bonds. The molecule has 2 aromatic heterocycles. The zero-order valence-corrected chi connectivity index (χ0v) is 15.0. The monoisotopic (exact) mass is 364 g/mol. The topological polar surface area (TPSA) is 135 Å². The first-order chi connectivity index (χ1) is 12.9. The fraction of sp³-hybridized carbons (Fsp3) is 0.158. The number of anilines is 3. The number of primary amides is 1. The summed E-state index contributed by atoms with van der Waals surface area (Å²) < 4.78 is 5.84. The molecule has 0 saturated carbocycles. The summed E-state index contributed by atoms with van der Waals surface area (Å²) in [6.45, 7) is 3.88. The average molecular weight is 364 g/mol. The molecule has 0 aliphatic heterocycles. The summed E-state index contributed by atoms with van der Waals surface area (Å²) in [5.74, 6) is 1.22. The summed E-state index contributed by atoms with van der Waals surface area (Å²) in [5, 5.41) is 4.26. The number of ether oxygens (including phenoxy) is 1. The van der Waals surface area contributed by atoms with Gasteiger partial charge in [-0.05, 0) is 44.2 Å². The third kappa shape index (κ3) is 3.12. The Kier molecular flexibility index (Phi) is 3.88. The molecule has 8 heteroatoms. The van der Waals surface area contributed by atoms with Gasteiger partial charge in [0.2, 0.25) is 5.91 Å². The van der Waals surface area contributed by atoms with Gasteiger partial charge in [0.05, 0.1) is 22.8 Å². The quantitative estimate of drug-likeness (QED) is 0.370. The number of nitrogen functional groups attached to an aromatic ring is 1. The van der Waals surface area contributed by atoms with Gasteiger partial charge >= 0.3 is 0 Å². The summed E-state index contributed by atoms with van der Waals surface area (Å²) in [5.41, 5.74) is 14.7. The zero-order chi connectivity index (χ0) is 19.1. The van der Waals surface area contributed by atoms with Gasteiger partial charge in [-0.1, -0.05) is 6.07 Å². The van der Waals surface area contributed by atoms with Crippen molar-refractivity contribution in [1.82, 2.24) is 15.0 Å². The first-order valence-electron chi connectivity index (χ1n) is 8.55. The highest BCUT2D eigenvalue weighted by Crippen LogP contribution is 2.32. The maximum Gasteiger partial charge on any atom is 0.248 e. The van der Waals surface area contributed by atoms with Gasteiger partial charge in [-0.2, -0.15) is 0 Å². The molecule has 0 radical (unpaired) electrons. The summed E-state index contributed by atoms with van der Waals surface area (Å²) in [4.78, 5) is 22.2. The van der Waals surface area contributed by atoms with Crippen molar-refractivity contribution in [2.75, 3.05) is 11.1 Å². The summed E-state index contributed by atoms with van der Waals surface area (Å²) in [6, 6.07) is 10.9. The van der Waals surface area contributed by atoms with E-state index in [1.165, 1.54) is 0 Å². The van der Waals surface area contributed by atoms with Gasteiger partial charge < -0.3 is 31.5 Å². The minimum absolute atomic E-state index is 0.0145. The van der Waals surface area contributed by atoms with Crippen molar-refractivity contribution in [3.63, 3.8) is 0 Å². The maximum absolute atomic E-state index is 11.6. The second-order valence-electron chi connectivity index (χ2n) is 6.60. The lowest BCUT2D eigenvalue weighted by molar-refractivity contribution is 0.100. The van der Waals surface area contributed by atoms with Crippen molar-refractivity contribution in [2.45, 2.75) is 20.0 Å². The van der Waals surface area contributed by atoms with Crippen molar-refractivity contribution >= 4 is 45.3 Å². The molecule has 138 valence electrons. The van der Waals surface area contributed by atoms with Crippen molar-refractivity contribution in [2.24, 2.45) is 5.73 Å². The number of carbonyl (C=O) groups excluding carboxylic acids is 1. The number of hydrogen-bond donors (Lipinski definition) is 5. The van der Waals surface area contributed by atoms with Crippen LogP contribution in [0.4, 0.5) is 17.5 Å². The van der Waals surface area contributed by atoms with Gasteiger partial charge in [-0.15, -0.1) is 0 Å². The van der Waals surface area contributed by atoms with E-state index in [2.05, 4.69) is 20.3 Å². The van der Waals surface area contributed by atoms with Gasteiger partial charge in [0.1, 0.15) is 17.1 Å². The van der Waals surface area contributed by atoms with E-state index in [9.17, 15) is 4.79 Å². The van der Waals surface area contributed by atoms with Crippen LogP contribution in [0.5, 0.6) is 5.75 Å². The van der Waals surface area contributed by atoms with Gasteiger partial charge in [0.15, 0.2) is 5.95 Å². The predicted octanol–water partition coefficient (Wildman–Crippen LogP) is 3.26. The van der Waals surface area contributed by atoms with Crippen LogP contribution in [0.2, 0.25) is 0 Å². The van der Waals surface area contributed by atoms with Crippen molar-refractivity contribution in [3.8, 4) is 5.75 Å². The molecule has 0 aliphatic rings. The van der Waals surface area contributed by atoms with Crippen LogP contribution in [0.1, 0.15) is 24.2 Å². The molecule has 0 saturated heterocycles. The highest BCUT2D eigenvalue weighted by atomic mass is 16.5. The molecule has 0 bridgehead atoms. The number of aromatic amines is 2. The largest absolute Gasteiger partial charge is 0.489 e. The molecule has 0 atom stereocenters. The Hall–Kier alpha value is -3.68. The van der Waals surface area contributed by atoms with E-state index in [1.54, 1.807) is 18.2 Å². The first kappa shape index (κ1) is 16.8. The number of nitrogens with zero attached hydrogens (tertiary/aromatic N) is 1. The number of amides is 1. The maximum atomic E-state index is 11.6. The summed E-state index contributed by atoms with van der Waals surface area (Å²) in [6.07, 6.45) is -0.0145. The van der Waals surface area contributed by atoms with E-state index >= 15 is 0 Å². The molecule has 0 spiro atoms. The number of rotatable bonds is 5. The number of imidazole rings is 1. The van der Waals surface area contributed by atoms with Crippen molar-refractivity contribution in [1.29, 1.82) is 0 Å². The van der Waals surface area contributed by atoms with Crippen LogP contribution in [0.3, 0.4) is 0 Å². The van der Waals surface area contributed by atoms with Gasteiger partial charge in [0.25, 0.3) is 0 Å². The molecule has 4 aromatic rings. The molecule has 7 N–H and O–H groups in total. The van der Waals surface area contributed by atoms with E-state index in [-0.39, 0.29) is 6.10 Å². The third-order valence-corrected chi connectivity index (χ3v) is 4.16. The van der Waals surface area contributed by atoms with E-state index in [4.69, 9.17) is 16.2 Å². The van der Waals surface area contributed by atoms with E-state index < -0.39 is 5.91 Å². The van der Waals surface area contributed by atoms with E-state index in [0.717, 1.165) is 27.8 Å². The molecular formula is C19H20N6O2. The van der Waals surface area contributed by atoms with Gasteiger partial charge in [-0.25, -0.2) is 4.98 Å². The fourth-order valence-electron chi connectivity index (χ4n) is 3.04. The van der Waals surface area contributed by atoms with Crippen molar-refractivity contribution in [3.05, 3.63) is 42.0 Å². The lowest BCUT2D eigenvalue weighted by atomic mass is 10.1. The number of fused-ring (bicyclic) bond motifs is 3. The minimum atomic E-state index is -0.500. The summed E-state index contributed by atoms with van der Waals surface area (Å²) in [7, 11) is 0. The van der Waals surface area contributed by atoms with Crippen molar-refractivity contribution < 1.29 is 9.53 Å². The number of nitrogens with one attached hydrogen (secondary N) is 3. The Bertz CT molecular complexity index is 1160. The van der Waals surface area contributed by atoms with Crippen LogP contribution >= 0.6 is 0 Å². The molecule has 0 fully saturated rings. The number of benzene rings is 2. The normalized spacial score (nSPS) is 11.4. The number of nitrogens with two attached hydrogens (primary N) is 2. The predicted molar refractivity (Wildman–Crippen MR) is 106 cm³/mol. The Morgan fingerprint density at radius 3 is 2.74 bits per heavy atom. The number of aromatic nitrogens is 3. The van der Waals surface area contributed by atoms with Crippen LogP contribution < -0.4 is 21.5 Å². The summed E-state index contributed by atoms with van der Waals surface area (Å²) >= 11 is 0. The first-order valence-corrected chi connectivity index (χ1v) is 8.55. The Balaban J connectivity index is 1.77. The highest BCUT2D eigenvalue weighted by molar-refractivity contribution is 6.04. The highest BCUT2D eigenvalue weighted by Gasteiger charge is 2.13. The lowest BCUT2D eigenvalue weighted by Crippen LogP contribution is -2.12. The second-order valence-corrected chi connectivity index (χ2v) is 6.60. The molecule has 2 heterocycles. The number of carbonyl (C=O) groups is 1. The third-order valence-electron chi connectivity index (χ3n) is 4.16. The fourth-order valence-corrected chi connectivity index (χ4v) is 3.04. The molecular weight excluding hydrogens is 344 g/mol. The number of hydrogen-bond acceptors (Lipinski definition) is 5. The average Bonchev–Trinajstić information content (AvgIpc) is 3.17. The Morgan fingerprint density at radius 1 is 1.19 bits per heavy atom.